The van der Waals surface area contributed by atoms with Crippen molar-refractivity contribution in [2.45, 2.75) is 19.4 Å². The van der Waals surface area contributed by atoms with Crippen LogP contribution in [0.4, 0.5) is 5.82 Å². The van der Waals surface area contributed by atoms with Crippen molar-refractivity contribution in [3.05, 3.63) is 89.1 Å². The first-order valence-electron chi connectivity index (χ1n) is 8.41. The fourth-order valence-corrected chi connectivity index (χ4v) is 2.78. The number of ether oxygens (including phenoxy) is 1. The van der Waals surface area contributed by atoms with Gasteiger partial charge in [0, 0.05) is 23.3 Å². The molecule has 0 aliphatic carbocycles. The lowest BCUT2D eigenvalue weighted by atomic mass is 10.1. The van der Waals surface area contributed by atoms with Crippen LogP contribution >= 0.6 is 11.6 Å². The molecule has 1 heterocycles. The van der Waals surface area contributed by atoms with Gasteiger partial charge in [-0.2, -0.15) is 0 Å². The lowest BCUT2D eigenvalue weighted by Crippen LogP contribution is -2.06. The molecule has 25 heavy (non-hydrogen) atoms. The van der Waals surface area contributed by atoms with Gasteiger partial charge in [0.15, 0.2) is 0 Å². The molecule has 0 saturated carbocycles. The van der Waals surface area contributed by atoms with Gasteiger partial charge in [0.2, 0.25) is 0 Å². The lowest BCUT2D eigenvalue weighted by molar-refractivity contribution is 0.308. The van der Waals surface area contributed by atoms with Crippen LogP contribution < -0.4 is 10.1 Å². The number of benzene rings is 2. The number of halogens is 1. The number of pyridine rings is 1. The standard InChI is InChI=1S/C21H21ClN2O/c22-19-11-12-20(25-14-6-9-17-7-2-1-3-8-17)18(15-19)16-24-21-10-4-5-13-23-21/h1-5,7-8,10-13,15H,6,9,14,16H2,(H,23,24). The minimum Gasteiger partial charge on any atom is -0.493 e. The van der Waals surface area contributed by atoms with Gasteiger partial charge < -0.3 is 10.1 Å². The minimum absolute atomic E-state index is 0.617. The van der Waals surface area contributed by atoms with Gasteiger partial charge in [-0.05, 0) is 48.7 Å². The molecule has 0 aliphatic heterocycles. The van der Waals surface area contributed by atoms with Crippen LogP contribution in [0.25, 0.3) is 0 Å². The molecule has 0 spiro atoms. The molecular weight excluding hydrogens is 332 g/mol. The van der Waals surface area contributed by atoms with Crippen LogP contribution in [-0.2, 0) is 13.0 Å². The molecule has 0 fully saturated rings. The Bertz CT molecular complexity index is 778. The third kappa shape index (κ3) is 5.50. The van der Waals surface area contributed by atoms with E-state index in [1.165, 1.54) is 5.56 Å². The number of aromatic nitrogens is 1. The van der Waals surface area contributed by atoms with Crippen molar-refractivity contribution in [1.29, 1.82) is 0 Å². The Hall–Kier alpha value is -2.52. The summed E-state index contributed by atoms with van der Waals surface area (Å²) in [5, 5.41) is 4.00. The predicted molar refractivity (Wildman–Crippen MR) is 103 cm³/mol. The highest BCUT2D eigenvalue weighted by Crippen LogP contribution is 2.24. The molecule has 128 valence electrons. The molecule has 3 nitrogen and oxygen atoms in total. The summed E-state index contributed by atoms with van der Waals surface area (Å²) in [6.45, 7) is 1.29. The van der Waals surface area contributed by atoms with Crippen molar-refractivity contribution in [2.75, 3.05) is 11.9 Å². The molecule has 0 radical (unpaired) electrons. The summed E-state index contributed by atoms with van der Waals surface area (Å²) < 4.78 is 5.98. The average molecular weight is 353 g/mol. The number of rotatable bonds is 8. The van der Waals surface area contributed by atoms with Gasteiger partial charge in [-0.3, -0.25) is 0 Å². The predicted octanol–water partition coefficient (Wildman–Crippen LogP) is 5.36. The van der Waals surface area contributed by atoms with Crippen LogP contribution in [0, 0.1) is 0 Å². The summed E-state index contributed by atoms with van der Waals surface area (Å²) in [6.07, 6.45) is 3.75. The number of nitrogens with one attached hydrogen (secondary N) is 1. The average Bonchev–Trinajstić information content (AvgIpc) is 2.66. The summed E-state index contributed by atoms with van der Waals surface area (Å²) in [6, 6.07) is 22.0. The second-order valence-electron chi connectivity index (χ2n) is 5.76. The Balaban J connectivity index is 1.55. The first kappa shape index (κ1) is 17.3. The number of hydrogen-bond acceptors (Lipinski definition) is 3. The number of hydrogen-bond donors (Lipinski definition) is 1. The number of aryl methyl sites for hydroxylation is 1. The molecular formula is C21H21ClN2O. The molecule has 2 aromatic carbocycles. The van der Waals surface area contributed by atoms with E-state index in [9.17, 15) is 0 Å². The second-order valence-corrected chi connectivity index (χ2v) is 6.19. The zero-order valence-corrected chi connectivity index (χ0v) is 14.7. The SMILES string of the molecule is Clc1ccc(OCCCc2ccccc2)c(CNc2ccccn2)c1. The topological polar surface area (TPSA) is 34.1 Å². The molecule has 0 atom stereocenters. The summed E-state index contributed by atoms with van der Waals surface area (Å²) in [7, 11) is 0. The fourth-order valence-electron chi connectivity index (χ4n) is 2.58. The quantitative estimate of drug-likeness (QED) is 0.554. The van der Waals surface area contributed by atoms with E-state index >= 15 is 0 Å². The van der Waals surface area contributed by atoms with Crippen molar-refractivity contribution < 1.29 is 4.74 Å². The van der Waals surface area contributed by atoms with Crippen LogP contribution in [0.2, 0.25) is 5.02 Å². The van der Waals surface area contributed by atoms with Crippen LogP contribution in [-0.4, -0.2) is 11.6 Å². The zero-order valence-electron chi connectivity index (χ0n) is 14.0. The van der Waals surface area contributed by atoms with Crippen LogP contribution in [0.5, 0.6) is 5.75 Å². The summed E-state index contributed by atoms with van der Waals surface area (Å²) in [5.41, 5.74) is 2.36. The van der Waals surface area contributed by atoms with E-state index in [2.05, 4.69) is 34.6 Å². The lowest BCUT2D eigenvalue weighted by Gasteiger charge is -2.13. The van der Waals surface area contributed by atoms with Gasteiger partial charge in [0.05, 0.1) is 6.61 Å². The highest BCUT2D eigenvalue weighted by atomic mass is 35.5. The Morgan fingerprint density at radius 2 is 1.80 bits per heavy atom. The molecule has 0 saturated heterocycles. The maximum absolute atomic E-state index is 6.14. The molecule has 3 rings (SSSR count). The van der Waals surface area contributed by atoms with E-state index in [1.807, 2.05) is 42.5 Å². The van der Waals surface area contributed by atoms with Gasteiger partial charge in [-0.1, -0.05) is 48.0 Å². The molecule has 3 aromatic rings. The van der Waals surface area contributed by atoms with Gasteiger partial charge >= 0.3 is 0 Å². The maximum atomic E-state index is 6.14. The molecule has 0 unspecified atom stereocenters. The van der Waals surface area contributed by atoms with Gasteiger partial charge in [0.1, 0.15) is 11.6 Å². The van der Waals surface area contributed by atoms with E-state index in [-0.39, 0.29) is 0 Å². The van der Waals surface area contributed by atoms with Gasteiger partial charge in [0.25, 0.3) is 0 Å². The van der Waals surface area contributed by atoms with Crippen LogP contribution in [0.3, 0.4) is 0 Å². The second kappa shape index (κ2) is 9.09. The smallest absolute Gasteiger partial charge is 0.126 e. The largest absolute Gasteiger partial charge is 0.493 e. The maximum Gasteiger partial charge on any atom is 0.126 e. The summed E-state index contributed by atoms with van der Waals surface area (Å²) >= 11 is 6.14. The molecule has 0 amide bonds. The highest BCUT2D eigenvalue weighted by Gasteiger charge is 2.06. The van der Waals surface area contributed by atoms with Crippen molar-refractivity contribution in [3.8, 4) is 5.75 Å². The Morgan fingerprint density at radius 3 is 2.60 bits per heavy atom. The normalized spacial score (nSPS) is 10.4. The van der Waals surface area contributed by atoms with E-state index in [0.717, 1.165) is 30.0 Å². The zero-order chi connectivity index (χ0) is 17.3. The van der Waals surface area contributed by atoms with Gasteiger partial charge in [-0.25, -0.2) is 4.98 Å². The van der Waals surface area contributed by atoms with Crippen molar-refractivity contribution in [3.63, 3.8) is 0 Å². The van der Waals surface area contributed by atoms with E-state index in [4.69, 9.17) is 16.3 Å². The van der Waals surface area contributed by atoms with Gasteiger partial charge in [-0.15, -0.1) is 0 Å². The third-order valence-corrected chi connectivity index (χ3v) is 4.09. The monoisotopic (exact) mass is 352 g/mol. The highest BCUT2D eigenvalue weighted by molar-refractivity contribution is 6.30. The summed E-state index contributed by atoms with van der Waals surface area (Å²) in [4.78, 5) is 4.27. The van der Waals surface area contributed by atoms with Crippen LogP contribution in [0.1, 0.15) is 17.5 Å². The molecule has 0 bridgehead atoms. The molecule has 0 aliphatic rings. The molecule has 1 N–H and O–H groups in total. The minimum atomic E-state index is 0.617. The van der Waals surface area contributed by atoms with Crippen molar-refractivity contribution in [2.24, 2.45) is 0 Å². The molecule has 4 heteroatoms. The summed E-state index contributed by atoms with van der Waals surface area (Å²) in [5.74, 6) is 1.69. The fraction of sp³-hybridized carbons (Fsp3) is 0.190. The third-order valence-electron chi connectivity index (χ3n) is 3.86. The van der Waals surface area contributed by atoms with Crippen molar-refractivity contribution >= 4 is 17.4 Å². The number of anilines is 1. The number of nitrogens with zero attached hydrogens (tertiary/aromatic N) is 1. The first-order valence-corrected chi connectivity index (χ1v) is 8.79. The Morgan fingerprint density at radius 1 is 0.960 bits per heavy atom. The van der Waals surface area contributed by atoms with Crippen molar-refractivity contribution in [1.82, 2.24) is 4.98 Å². The first-order chi connectivity index (χ1) is 12.3. The molecule has 1 aromatic heterocycles. The van der Waals surface area contributed by atoms with E-state index < -0.39 is 0 Å². The van der Waals surface area contributed by atoms with E-state index in [0.29, 0.717) is 18.2 Å². The van der Waals surface area contributed by atoms with Crippen LogP contribution in [0.15, 0.2) is 72.9 Å². The van der Waals surface area contributed by atoms with E-state index in [1.54, 1.807) is 6.20 Å². The Labute approximate surface area is 153 Å². The Kier molecular flexibility index (Phi) is 6.29.